The average molecular weight is 242 g/mol. The van der Waals surface area contributed by atoms with Crippen LogP contribution in [0.5, 0.6) is 0 Å². The SMILES string of the molecule is [N-]=[N+]=NCC(O)COCc1cccc(Cl)c1. The maximum atomic E-state index is 9.30. The van der Waals surface area contributed by atoms with E-state index in [0.717, 1.165) is 5.56 Å². The molecule has 1 unspecified atom stereocenters. The topological polar surface area (TPSA) is 78.2 Å². The fraction of sp³-hybridized carbons (Fsp3) is 0.400. The van der Waals surface area contributed by atoms with E-state index in [2.05, 4.69) is 10.0 Å². The van der Waals surface area contributed by atoms with Gasteiger partial charge in [-0.05, 0) is 23.2 Å². The van der Waals surface area contributed by atoms with Crippen molar-refractivity contribution in [3.8, 4) is 0 Å². The maximum Gasteiger partial charge on any atom is 0.0830 e. The van der Waals surface area contributed by atoms with E-state index in [1.807, 2.05) is 12.1 Å². The molecule has 0 radical (unpaired) electrons. The van der Waals surface area contributed by atoms with Gasteiger partial charge in [0.25, 0.3) is 0 Å². The Kier molecular flexibility index (Phi) is 5.67. The lowest BCUT2D eigenvalue weighted by atomic mass is 10.2. The van der Waals surface area contributed by atoms with Crippen LogP contribution in [0.25, 0.3) is 10.4 Å². The van der Waals surface area contributed by atoms with Crippen molar-refractivity contribution in [3.63, 3.8) is 0 Å². The molecule has 1 rings (SSSR count). The molecule has 0 aliphatic carbocycles. The molecule has 1 atom stereocenters. The minimum Gasteiger partial charge on any atom is -0.391 e. The highest BCUT2D eigenvalue weighted by Crippen LogP contribution is 2.11. The molecule has 0 bridgehead atoms. The number of halogens is 1. The van der Waals surface area contributed by atoms with Gasteiger partial charge in [-0.15, -0.1) is 0 Å². The first-order valence-corrected chi connectivity index (χ1v) is 5.11. The Bertz CT molecular complexity index is 380. The lowest BCUT2D eigenvalue weighted by Crippen LogP contribution is -2.18. The van der Waals surface area contributed by atoms with Crippen molar-refractivity contribution in [2.75, 3.05) is 13.2 Å². The zero-order valence-corrected chi connectivity index (χ0v) is 9.34. The average Bonchev–Trinajstić information content (AvgIpc) is 2.26. The summed E-state index contributed by atoms with van der Waals surface area (Å²) >= 11 is 5.79. The van der Waals surface area contributed by atoms with E-state index in [9.17, 15) is 5.11 Å². The van der Waals surface area contributed by atoms with Crippen molar-refractivity contribution < 1.29 is 9.84 Å². The Balaban J connectivity index is 2.27. The van der Waals surface area contributed by atoms with Gasteiger partial charge in [-0.3, -0.25) is 0 Å². The lowest BCUT2D eigenvalue weighted by molar-refractivity contribution is 0.0329. The van der Waals surface area contributed by atoms with Crippen LogP contribution in [0.4, 0.5) is 0 Å². The van der Waals surface area contributed by atoms with E-state index < -0.39 is 6.10 Å². The Labute approximate surface area is 98.2 Å². The highest BCUT2D eigenvalue weighted by molar-refractivity contribution is 6.30. The first-order valence-electron chi connectivity index (χ1n) is 4.73. The molecule has 0 fully saturated rings. The predicted molar refractivity (Wildman–Crippen MR) is 61.1 cm³/mol. The maximum absolute atomic E-state index is 9.30. The molecule has 0 spiro atoms. The summed E-state index contributed by atoms with van der Waals surface area (Å²) in [5, 5.41) is 13.2. The molecule has 0 aliphatic heterocycles. The van der Waals surface area contributed by atoms with Gasteiger partial charge in [0.2, 0.25) is 0 Å². The van der Waals surface area contributed by atoms with Crippen LogP contribution in [0.15, 0.2) is 29.4 Å². The van der Waals surface area contributed by atoms with Gasteiger partial charge < -0.3 is 9.84 Å². The fourth-order valence-corrected chi connectivity index (χ4v) is 1.34. The van der Waals surface area contributed by atoms with Crippen molar-refractivity contribution in [1.29, 1.82) is 0 Å². The monoisotopic (exact) mass is 241 g/mol. The van der Waals surface area contributed by atoms with Crippen LogP contribution >= 0.6 is 11.6 Å². The standard InChI is InChI=1S/C10H12ClN3O2/c11-9-3-1-2-8(4-9)6-16-7-10(15)5-13-14-12/h1-4,10,15H,5-7H2. The van der Waals surface area contributed by atoms with Crippen LogP contribution in [0.3, 0.4) is 0 Å². The highest BCUT2D eigenvalue weighted by atomic mass is 35.5. The minimum absolute atomic E-state index is 0.0199. The largest absolute Gasteiger partial charge is 0.391 e. The van der Waals surface area contributed by atoms with Crippen molar-refractivity contribution in [2.45, 2.75) is 12.7 Å². The second-order valence-electron chi connectivity index (χ2n) is 3.21. The number of ether oxygens (including phenoxy) is 1. The third-order valence-corrected chi connectivity index (χ3v) is 2.06. The summed E-state index contributed by atoms with van der Waals surface area (Å²) in [6, 6.07) is 7.28. The predicted octanol–water partition coefficient (Wildman–Crippen LogP) is 2.53. The van der Waals surface area contributed by atoms with Crippen molar-refractivity contribution >= 4 is 11.6 Å². The smallest absolute Gasteiger partial charge is 0.0830 e. The third-order valence-electron chi connectivity index (χ3n) is 1.82. The molecule has 0 saturated carbocycles. The van der Waals surface area contributed by atoms with E-state index in [1.165, 1.54) is 0 Å². The van der Waals surface area contributed by atoms with Crippen molar-refractivity contribution in [2.24, 2.45) is 5.11 Å². The first-order chi connectivity index (χ1) is 7.72. The number of nitrogens with zero attached hydrogens (tertiary/aromatic N) is 3. The van der Waals surface area contributed by atoms with Gasteiger partial charge in [0, 0.05) is 9.93 Å². The molecule has 86 valence electrons. The van der Waals surface area contributed by atoms with E-state index in [-0.39, 0.29) is 13.2 Å². The van der Waals surface area contributed by atoms with Crippen molar-refractivity contribution in [3.05, 3.63) is 45.3 Å². The Morgan fingerprint density at radius 2 is 2.38 bits per heavy atom. The van der Waals surface area contributed by atoms with Crippen LogP contribution in [0.2, 0.25) is 5.02 Å². The second kappa shape index (κ2) is 7.09. The van der Waals surface area contributed by atoms with Crippen LogP contribution < -0.4 is 0 Å². The molecule has 6 heteroatoms. The summed E-state index contributed by atoms with van der Waals surface area (Å²) in [5.74, 6) is 0. The minimum atomic E-state index is -0.768. The molecule has 1 N–H and O–H groups in total. The molecule has 0 heterocycles. The van der Waals surface area contributed by atoms with Gasteiger partial charge in [-0.25, -0.2) is 0 Å². The first kappa shape index (κ1) is 12.8. The van der Waals surface area contributed by atoms with E-state index in [0.29, 0.717) is 11.6 Å². The fourth-order valence-electron chi connectivity index (χ4n) is 1.12. The van der Waals surface area contributed by atoms with Gasteiger partial charge in [-0.1, -0.05) is 28.8 Å². The van der Waals surface area contributed by atoms with E-state index >= 15 is 0 Å². The number of hydrogen-bond donors (Lipinski definition) is 1. The normalized spacial score (nSPS) is 11.9. The lowest BCUT2D eigenvalue weighted by Gasteiger charge is -2.08. The van der Waals surface area contributed by atoms with Crippen LogP contribution in [0.1, 0.15) is 5.56 Å². The van der Waals surface area contributed by atoms with E-state index in [1.54, 1.807) is 12.1 Å². The highest BCUT2D eigenvalue weighted by Gasteiger charge is 2.02. The summed E-state index contributed by atoms with van der Waals surface area (Å²) < 4.78 is 5.24. The number of benzene rings is 1. The van der Waals surface area contributed by atoms with Gasteiger partial charge in [0.1, 0.15) is 0 Å². The molecule has 16 heavy (non-hydrogen) atoms. The van der Waals surface area contributed by atoms with Gasteiger partial charge >= 0.3 is 0 Å². The summed E-state index contributed by atoms with van der Waals surface area (Å²) in [6.45, 7) is 0.519. The molecule has 0 aromatic heterocycles. The van der Waals surface area contributed by atoms with Gasteiger partial charge in [0.05, 0.1) is 25.9 Å². The van der Waals surface area contributed by atoms with Crippen molar-refractivity contribution in [1.82, 2.24) is 0 Å². The molecule has 0 amide bonds. The molecule has 1 aromatic carbocycles. The van der Waals surface area contributed by atoms with Gasteiger partial charge in [0.15, 0.2) is 0 Å². The summed E-state index contributed by atoms with van der Waals surface area (Å²) in [7, 11) is 0. The Hall–Kier alpha value is -1.26. The zero-order valence-electron chi connectivity index (χ0n) is 8.58. The number of aliphatic hydroxyl groups is 1. The van der Waals surface area contributed by atoms with Gasteiger partial charge in [-0.2, -0.15) is 0 Å². The number of rotatable bonds is 6. The number of hydrogen-bond acceptors (Lipinski definition) is 3. The summed E-state index contributed by atoms with van der Waals surface area (Å²) in [6.07, 6.45) is -0.768. The molecule has 0 saturated heterocycles. The molecular formula is C10H12ClN3O2. The molecular weight excluding hydrogens is 230 g/mol. The van der Waals surface area contributed by atoms with E-state index in [4.69, 9.17) is 21.9 Å². The molecule has 1 aromatic rings. The summed E-state index contributed by atoms with van der Waals surface area (Å²) in [4.78, 5) is 2.55. The second-order valence-corrected chi connectivity index (χ2v) is 3.65. The third kappa shape index (κ3) is 5.00. The Morgan fingerprint density at radius 1 is 1.56 bits per heavy atom. The zero-order chi connectivity index (χ0) is 11.8. The number of aliphatic hydroxyl groups excluding tert-OH is 1. The van der Waals surface area contributed by atoms with Crippen LogP contribution in [-0.2, 0) is 11.3 Å². The quantitative estimate of drug-likeness (QED) is 0.472. The molecule has 5 nitrogen and oxygen atoms in total. The van der Waals surface area contributed by atoms with Crippen LogP contribution in [-0.4, -0.2) is 24.4 Å². The Morgan fingerprint density at radius 3 is 3.06 bits per heavy atom. The number of azide groups is 1. The summed E-state index contributed by atoms with van der Waals surface area (Å²) in [5.41, 5.74) is 8.97. The molecule has 0 aliphatic rings. The van der Waals surface area contributed by atoms with Crippen LogP contribution in [0, 0.1) is 0 Å².